The molecule has 0 spiro atoms. The molecule has 2 aliphatic rings. The molecule has 0 unspecified atom stereocenters. The molecule has 0 N–H and O–H groups in total. The van der Waals surface area contributed by atoms with Crippen molar-refractivity contribution < 1.29 is 13.2 Å². The quantitative estimate of drug-likeness (QED) is 0.842. The third kappa shape index (κ3) is 3.35. The van der Waals surface area contributed by atoms with Crippen LogP contribution >= 0.6 is 0 Å². The second kappa shape index (κ2) is 6.84. The maximum Gasteiger partial charge on any atom is 0.253 e. The molecule has 1 aromatic rings. The number of nitrogens with zero attached hydrogens (tertiary/aromatic N) is 2. The van der Waals surface area contributed by atoms with E-state index < -0.39 is 10.0 Å². The summed E-state index contributed by atoms with van der Waals surface area (Å²) in [6, 6.07) is 6.31. The van der Waals surface area contributed by atoms with Crippen LogP contribution in [0.15, 0.2) is 29.2 Å². The third-order valence-corrected chi connectivity index (χ3v) is 7.29. The number of benzene rings is 1. The van der Waals surface area contributed by atoms with Crippen molar-refractivity contribution in [1.29, 1.82) is 0 Å². The van der Waals surface area contributed by atoms with Crippen LogP contribution in [0.2, 0.25) is 0 Å². The minimum Gasteiger partial charge on any atom is -0.338 e. The van der Waals surface area contributed by atoms with Crippen LogP contribution in [0.25, 0.3) is 0 Å². The predicted octanol–water partition coefficient (Wildman–Crippen LogP) is 2.59. The molecule has 1 amide bonds. The van der Waals surface area contributed by atoms with Crippen LogP contribution in [0.5, 0.6) is 0 Å². The summed E-state index contributed by atoms with van der Waals surface area (Å²) in [6.07, 6.45) is 6.25. The molecule has 1 saturated heterocycles. The molecule has 132 valence electrons. The van der Waals surface area contributed by atoms with E-state index in [1.54, 1.807) is 12.1 Å². The Balaban J connectivity index is 1.71. The molecule has 3 rings (SSSR count). The van der Waals surface area contributed by atoms with Gasteiger partial charge < -0.3 is 4.90 Å². The molecular weight excluding hydrogens is 324 g/mol. The van der Waals surface area contributed by atoms with E-state index in [1.807, 2.05) is 4.90 Å². The molecule has 2 fully saturated rings. The summed E-state index contributed by atoms with van der Waals surface area (Å²) in [4.78, 5) is 14.9. The fraction of sp³-hybridized carbons (Fsp3) is 0.611. The zero-order valence-corrected chi connectivity index (χ0v) is 15.3. The Kier molecular flexibility index (Phi) is 4.97. The fourth-order valence-electron chi connectivity index (χ4n) is 3.95. The first-order valence-corrected chi connectivity index (χ1v) is 10.2. The first kappa shape index (κ1) is 17.4. The highest BCUT2D eigenvalue weighted by atomic mass is 32.2. The molecule has 0 bridgehead atoms. The van der Waals surface area contributed by atoms with Gasteiger partial charge in [-0.3, -0.25) is 4.79 Å². The van der Waals surface area contributed by atoms with Crippen LogP contribution in [-0.2, 0) is 10.0 Å². The van der Waals surface area contributed by atoms with E-state index >= 15 is 0 Å². The third-order valence-electron chi connectivity index (χ3n) is 5.46. The van der Waals surface area contributed by atoms with Gasteiger partial charge in [0.15, 0.2) is 0 Å². The van der Waals surface area contributed by atoms with E-state index in [9.17, 15) is 13.2 Å². The number of hydrogen-bond donors (Lipinski definition) is 0. The minimum absolute atomic E-state index is 0.0211. The lowest BCUT2D eigenvalue weighted by Crippen LogP contribution is -2.44. The Hall–Kier alpha value is -1.40. The van der Waals surface area contributed by atoms with Gasteiger partial charge in [0.2, 0.25) is 10.0 Å². The summed E-state index contributed by atoms with van der Waals surface area (Å²) < 4.78 is 25.4. The molecule has 1 saturated carbocycles. The zero-order valence-electron chi connectivity index (χ0n) is 14.4. The van der Waals surface area contributed by atoms with Crippen LogP contribution < -0.4 is 0 Å². The first-order valence-electron chi connectivity index (χ1n) is 8.71. The Morgan fingerprint density at radius 2 is 1.67 bits per heavy atom. The van der Waals surface area contributed by atoms with Crippen LogP contribution in [0, 0.1) is 11.8 Å². The summed E-state index contributed by atoms with van der Waals surface area (Å²) in [7, 11) is -0.446. The highest BCUT2D eigenvalue weighted by Gasteiger charge is 2.33. The number of carbonyl (C=O) groups is 1. The van der Waals surface area contributed by atoms with Gasteiger partial charge in [0.05, 0.1) is 4.90 Å². The standard InChI is InChI=1S/C18H26N2O3S/c1-19(2)24(22,23)17-9-7-15(8-10-17)18(21)20-12-11-14-5-3-4-6-16(14)13-20/h7-10,14,16H,3-6,11-13H2,1-2H3/t14-,16+/m1/s1. The van der Waals surface area contributed by atoms with E-state index in [0.29, 0.717) is 11.5 Å². The lowest BCUT2D eigenvalue weighted by atomic mass is 9.75. The van der Waals surface area contributed by atoms with Gasteiger partial charge in [-0.2, -0.15) is 0 Å². The number of fused-ring (bicyclic) bond motifs is 1. The molecular formula is C18H26N2O3S. The summed E-state index contributed by atoms with van der Waals surface area (Å²) in [5.74, 6) is 1.45. The molecule has 0 aromatic heterocycles. The largest absolute Gasteiger partial charge is 0.338 e. The topological polar surface area (TPSA) is 57.7 Å². The highest BCUT2D eigenvalue weighted by Crippen LogP contribution is 2.36. The fourth-order valence-corrected chi connectivity index (χ4v) is 4.85. The van der Waals surface area contributed by atoms with Crippen molar-refractivity contribution in [2.75, 3.05) is 27.2 Å². The normalized spacial score (nSPS) is 24.7. The van der Waals surface area contributed by atoms with Gasteiger partial charge in [0.25, 0.3) is 5.91 Å². The number of amides is 1. The van der Waals surface area contributed by atoms with Crippen molar-refractivity contribution in [3.8, 4) is 0 Å². The molecule has 1 aliphatic heterocycles. The second-order valence-corrected chi connectivity index (χ2v) is 9.31. The van der Waals surface area contributed by atoms with Gasteiger partial charge in [0, 0.05) is 32.7 Å². The van der Waals surface area contributed by atoms with Crippen molar-refractivity contribution in [2.45, 2.75) is 37.0 Å². The summed E-state index contributed by atoms with van der Waals surface area (Å²) >= 11 is 0. The number of carbonyl (C=O) groups excluding carboxylic acids is 1. The molecule has 0 radical (unpaired) electrons. The van der Waals surface area contributed by atoms with E-state index in [1.165, 1.54) is 56.2 Å². The van der Waals surface area contributed by atoms with Crippen molar-refractivity contribution in [1.82, 2.24) is 9.21 Å². The molecule has 2 atom stereocenters. The average Bonchev–Trinajstić information content (AvgIpc) is 2.60. The number of rotatable bonds is 3. The first-order chi connectivity index (χ1) is 11.4. The average molecular weight is 350 g/mol. The molecule has 5 nitrogen and oxygen atoms in total. The van der Waals surface area contributed by atoms with Gasteiger partial charge in [-0.1, -0.05) is 19.3 Å². The van der Waals surface area contributed by atoms with Crippen LogP contribution in [-0.4, -0.2) is 50.7 Å². The zero-order chi connectivity index (χ0) is 17.3. The molecule has 24 heavy (non-hydrogen) atoms. The molecule has 1 aliphatic carbocycles. The van der Waals surface area contributed by atoms with Gasteiger partial charge in [0.1, 0.15) is 0 Å². The van der Waals surface area contributed by atoms with E-state index in [2.05, 4.69) is 0 Å². The van der Waals surface area contributed by atoms with Gasteiger partial charge >= 0.3 is 0 Å². The van der Waals surface area contributed by atoms with Crippen molar-refractivity contribution in [2.24, 2.45) is 11.8 Å². The summed E-state index contributed by atoms with van der Waals surface area (Å²) in [6.45, 7) is 1.67. The van der Waals surface area contributed by atoms with Gasteiger partial charge in [-0.25, -0.2) is 12.7 Å². The van der Waals surface area contributed by atoms with E-state index in [4.69, 9.17) is 0 Å². The number of sulfonamides is 1. The van der Waals surface area contributed by atoms with Crippen molar-refractivity contribution in [3.63, 3.8) is 0 Å². The van der Waals surface area contributed by atoms with Gasteiger partial charge in [-0.15, -0.1) is 0 Å². The number of piperidine rings is 1. The SMILES string of the molecule is CN(C)S(=O)(=O)c1ccc(C(=O)N2CC[C@H]3CCCC[C@H]3C2)cc1. The van der Waals surface area contributed by atoms with Crippen LogP contribution in [0.1, 0.15) is 42.5 Å². The Morgan fingerprint density at radius 3 is 2.29 bits per heavy atom. The number of likely N-dealkylation sites (tertiary alicyclic amines) is 1. The summed E-state index contributed by atoms with van der Waals surface area (Å²) in [5.41, 5.74) is 0.571. The lowest BCUT2D eigenvalue weighted by Gasteiger charge is -2.41. The maximum absolute atomic E-state index is 12.7. The van der Waals surface area contributed by atoms with E-state index in [-0.39, 0.29) is 10.8 Å². The van der Waals surface area contributed by atoms with Crippen LogP contribution in [0.3, 0.4) is 0 Å². The Morgan fingerprint density at radius 1 is 1.04 bits per heavy atom. The van der Waals surface area contributed by atoms with Crippen LogP contribution in [0.4, 0.5) is 0 Å². The molecule has 1 heterocycles. The molecule has 1 aromatic carbocycles. The predicted molar refractivity (Wildman–Crippen MR) is 93.3 cm³/mol. The second-order valence-electron chi connectivity index (χ2n) is 7.16. The smallest absolute Gasteiger partial charge is 0.253 e. The van der Waals surface area contributed by atoms with E-state index in [0.717, 1.165) is 25.4 Å². The van der Waals surface area contributed by atoms with Crippen molar-refractivity contribution in [3.05, 3.63) is 29.8 Å². The Bertz CT molecular complexity index is 697. The maximum atomic E-state index is 12.7. The molecule has 6 heteroatoms. The summed E-state index contributed by atoms with van der Waals surface area (Å²) in [5, 5.41) is 0. The Labute approximate surface area is 144 Å². The number of hydrogen-bond acceptors (Lipinski definition) is 3. The minimum atomic E-state index is -3.45. The monoisotopic (exact) mass is 350 g/mol. The highest BCUT2D eigenvalue weighted by molar-refractivity contribution is 7.89. The van der Waals surface area contributed by atoms with Gasteiger partial charge in [-0.05, 0) is 48.9 Å². The lowest BCUT2D eigenvalue weighted by molar-refractivity contribution is 0.0521. The van der Waals surface area contributed by atoms with Crippen molar-refractivity contribution >= 4 is 15.9 Å².